The van der Waals surface area contributed by atoms with Gasteiger partial charge >= 0.3 is 0 Å². The molecule has 0 aliphatic carbocycles. The molecule has 0 unspecified atom stereocenters. The van der Waals surface area contributed by atoms with Crippen LogP contribution in [0.15, 0.2) is 0 Å². The summed E-state index contributed by atoms with van der Waals surface area (Å²) in [5, 5.41) is 0. The Bertz CT molecular complexity index is 205. The fraction of sp³-hybridized carbons (Fsp3) is 0.923. The average molecular weight is 211 g/mol. The SMILES string of the molecule is CCCCC(C)(C)C(=O)N1CCCCC1. The smallest absolute Gasteiger partial charge is 0.228 e. The van der Waals surface area contributed by atoms with Gasteiger partial charge in [-0.1, -0.05) is 33.6 Å². The minimum Gasteiger partial charge on any atom is -0.342 e. The highest BCUT2D eigenvalue weighted by Crippen LogP contribution is 2.27. The Morgan fingerprint density at radius 2 is 1.80 bits per heavy atom. The van der Waals surface area contributed by atoms with E-state index in [-0.39, 0.29) is 5.41 Å². The first-order valence-corrected chi connectivity index (χ1v) is 6.37. The van der Waals surface area contributed by atoms with Gasteiger partial charge in [-0.25, -0.2) is 0 Å². The van der Waals surface area contributed by atoms with Crippen LogP contribution in [0.5, 0.6) is 0 Å². The third kappa shape index (κ3) is 3.51. The van der Waals surface area contributed by atoms with Crippen molar-refractivity contribution in [1.82, 2.24) is 4.90 Å². The van der Waals surface area contributed by atoms with Crippen molar-refractivity contribution in [2.45, 2.75) is 59.3 Å². The van der Waals surface area contributed by atoms with Gasteiger partial charge in [0.05, 0.1) is 0 Å². The number of carbonyl (C=O) groups is 1. The normalized spacial score (nSPS) is 17.9. The molecule has 0 radical (unpaired) electrons. The molecule has 1 amide bonds. The lowest BCUT2D eigenvalue weighted by molar-refractivity contribution is -0.141. The second-order valence-electron chi connectivity index (χ2n) is 5.34. The van der Waals surface area contributed by atoms with Gasteiger partial charge in [0.2, 0.25) is 5.91 Å². The summed E-state index contributed by atoms with van der Waals surface area (Å²) in [7, 11) is 0. The number of amides is 1. The molecule has 1 heterocycles. The predicted molar refractivity (Wildman–Crippen MR) is 63.7 cm³/mol. The average Bonchev–Trinajstić information content (AvgIpc) is 2.26. The van der Waals surface area contributed by atoms with Crippen molar-refractivity contribution in [1.29, 1.82) is 0 Å². The summed E-state index contributed by atoms with van der Waals surface area (Å²) >= 11 is 0. The molecule has 0 atom stereocenters. The topological polar surface area (TPSA) is 20.3 Å². The highest BCUT2D eigenvalue weighted by Gasteiger charge is 2.31. The van der Waals surface area contributed by atoms with Crippen LogP contribution >= 0.6 is 0 Å². The van der Waals surface area contributed by atoms with E-state index in [1.807, 2.05) is 0 Å². The van der Waals surface area contributed by atoms with Gasteiger partial charge in [0.25, 0.3) is 0 Å². The first-order valence-electron chi connectivity index (χ1n) is 6.37. The molecule has 0 bridgehead atoms. The summed E-state index contributed by atoms with van der Waals surface area (Å²) < 4.78 is 0. The Balaban J connectivity index is 2.48. The van der Waals surface area contributed by atoms with Crippen LogP contribution in [0.2, 0.25) is 0 Å². The van der Waals surface area contributed by atoms with E-state index in [1.54, 1.807) is 0 Å². The van der Waals surface area contributed by atoms with Crippen LogP contribution in [-0.2, 0) is 4.79 Å². The number of nitrogens with zero attached hydrogens (tertiary/aromatic N) is 1. The van der Waals surface area contributed by atoms with E-state index in [9.17, 15) is 4.79 Å². The van der Waals surface area contributed by atoms with Gasteiger partial charge in [0, 0.05) is 18.5 Å². The number of hydrogen-bond acceptors (Lipinski definition) is 1. The molecule has 1 fully saturated rings. The first-order chi connectivity index (χ1) is 7.08. The van der Waals surface area contributed by atoms with Crippen molar-refractivity contribution in [2.75, 3.05) is 13.1 Å². The van der Waals surface area contributed by atoms with Gasteiger partial charge in [-0.05, 0) is 25.7 Å². The van der Waals surface area contributed by atoms with E-state index in [0.29, 0.717) is 5.91 Å². The van der Waals surface area contributed by atoms with Crippen molar-refractivity contribution in [3.05, 3.63) is 0 Å². The Morgan fingerprint density at radius 1 is 1.20 bits per heavy atom. The van der Waals surface area contributed by atoms with Crippen LogP contribution in [0.1, 0.15) is 59.3 Å². The van der Waals surface area contributed by atoms with Gasteiger partial charge in [0.15, 0.2) is 0 Å². The summed E-state index contributed by atoms with van der Waals surface area (Å²) in [5.74, 6) is 0.371. The Labute approximate surface area is 94.0 Å². The standard InChI is InChI=1S/C13H25NO/c1-4-5-9-13(2,3)12(15)14-10-7-6-8-11-14/h4-11H2,1-3H3. The van der Waals surface area contributed by atoms with Crippen molar-refractivity contribution >= 4 is 5.91 Å². The van der Waals surface area contributed by atoms with Crippen molar-refractivity contribution < 1.29 is 4.79 Å². The molecule has 1 aliphatic heterocycles. The number of rotatable bonds is 4. The molecule has 0 aromatic heterocycles. The molecule has 1 aliphatic rings. The highest BCUT2D eigenvalue weighted by molar-refractivity contribution is 5.82. The Hall–Kier alpha value is -0.530. The quantitative estimate of drug-likeness (QED) is 0.699. The zero-order valence-electron chi connectivity index (χ0n) is 10.5. The molecule has 0 spiro atoms. The summed E-state index contributed by atoms with van der Waals surface area (Å²) in [4.78, 5) is 14.3. The predicted octanol–water partition coefficient (Wildman–Crippen LogP) is 3.22. The molecule has 1 saturated heterocycles. The molecule has 2 heteroatoms. The molecule has 88 valence electrons. The lowest BCUT2D eigenvalue weighted by Crippen LogP contribution is -2.43. The van der Waals surface area contributed by atoms with Gasteiger partial charge in [0.1, 0.15) is 0 Å². The summed E-state index contributed by atoms with van der Waals surface area (Å²) in [5.41, 5.74) is -0.145. The van der Waals surface area contributed by atoms with E-state index in [0.717, 1.165) is 25.9 Å². The molecule has 0 saturated carbocycles. The Kier molecular flexibility index (Phi) is 4.62. The van der Waals surface area contributed by atoms with Crippen molar-refractivity contribution in [3.63, 3.8) is 0 Å². The molecule has 2 nitrogen and oxygen atoms in total. The van der Waals surface area contributed by atoms with Crippen LogP contribution < -0.4 is 0 Å². The number of carbonyl (C=O) groups excluding carboxylic acids is 1. The second-order valence-corrected chi connectivity index (χ2v) is 5.34. The van der Waals surface area contributed by atoms with Gasteiger partial charge in [-0.3, -0.25) is 4.79 Å². The molecule has 15 heavy (non-hydrogen) atoms. The minimum absolute atomic E-state index is 0.145. The first kappa shape index (κ1) is 12.5. The van der Waals surface area contributed by atoms with Gasteiger partial charge in [-0.15, -0.1) is 0 Å². The summed E-state index contributed by atoms with van der Waals surface area (Å²) in [6, 6.07) is 0. The van der Waals surface area contributed by atoms with E-state index < -0.39 is 0 Å². The fourth-order valence-corrected chi connectivity index (χ4v) is 2.25. The van der Waals surface area contributed by atoms with Crippen molar-refractivity contribution in [2.24, 2.45) is 5.41 Å². The number of hydrogen-bond donors (Lipinski definition) is 0. The molecule has 0 aromatic rings. The summed E-state index contributed by atoms with van der Waals surface area (Å²) in [6.45, 7) is 8.34. The van der Waals surface area contributed by atoms with E-state index in [4.69, 9.17) is 0 Å². The fourth-order valence-electron chi connectivity index (χ4n) is 2.25. The van der Waals surface area contributed by atoms with Crippen LogP contribution in [0, 0.1) is 5.41 Å². The maximum atomic E-state index is 12.3. The Morgan fingerprint density at radius 3 is 2.33 bits per heavy atom. The maximum absolute atomic E-state index is 12.3. The molecular formula is C13H25NO. The van der Waals surface area contributed by atoms with E-state index in [1.165, 1.54) is 25.7 Å². The van der Waals surface area contributed by atoms with Crippen molar-refractivity contribution in [3.8, 4) is 0 Å². The van der Waals surface area contributed by atoms with Crippen LogP contribution in [0.4, 0.5) is 0 Å². The molecular weight excluding hydrogens is 186 g/mol. The third-order valence-electron chi connectivity index (χ3n) is 3.38. The second kappa shape index (κ2) is 5.53. The molecule has 0 N–H and O–H groups in total. The van der Waals surface area contributed by atoms with Crippen LogP contribution in [-0.4, -0.2) is 23.9 Å². The number of unbranched alkanes of at least 4 members (excludes halogenated alkanes) is 1. The maximum Gasteiger partial charge on any atom is 0.228 e. The highest BCUT2D eigenvalue weighted by atomic mass is 16.2. The number of piperidine rings is 1. The monoisotopic (exact) mass is 211 g/mol. The lowest BCUT2D eigenvalue weighted by Gasteiger charge is -2.34. The largest absolute Gasteiger partial charge is 0.342 e. The van der Waals surface area contributed by atoms with Crippen LogP contribution in [0.25, 0.3) is 0 Å². The van der Waals surface area contributed by atoms with Gasteiger partial charge < -0.3 is 4.90 Å². The van der Waals surface area contributed by atoms with Crippen LogP contribution in [0.3, 0.4) is 0 Å². The molecule has 0 aromatic carbocycles. The molecule has 1 rings (SSSR count). The lowest BCUT2D eigenvalue weighted by atomic mass is 9.85. The zero-order chi connectivity index (χ0) is 11.3. The summed E-state index contributed by atoms with van der Waals surface area (Å²) in [6.07, 6.45) is 7.03. The number of likely N-dealkylation sites (tertiary alicyclic amines) is 1. The van der Waals surface area contributed by atoms with Gasteiger partial charge in [-0.2, -0.15) is 0 Å². The third-order valence-corrected chi connectivity index (χ3v) is 3.38. The minimum atomic E-state index is -0.145. The zero-order valence-corrected chi connectivity index (χ0v) is 10.5. The van der Waals surface area contributed by atoms with E-state index >= 15 is 0 Å². The van der Waals surface area contributed by atoms with E-state index in [2.05, 4.69) is 25.7 Å².